The molecule has 13 heavy (non-hydrogen) atoms. The van der Waals surface area contributed by atoms with Crippen LogP contribution < -0.4 is 5.73 Å². The minimum Gasteiger partial charge on any atom is -0.481 e. The number of carboxylic acid groups (broad SMARTS) is 1. The molecule has 0 aliphatic heterocycles. The van der Waals surface area contributed by atoms with Gasteiger partial charge in [0.2, 0.25) is 0 Å². The molecule has 1 aliphatic rings. The fourth-order valence-electron chi connectivity index (χ4n) is 2.24. The van der Waals surface area contributed by atoms with Crippen LogP contribution >= 0.6 is 0 Å². The lowest BCUT2D eigenvalue weighted by molar-refractivity contribution is -0.137. The monoisotopic (exact) mass is 185 g/mol. The predicted molar refractivity (Wildman–Crippen MR) is 51.4 cm³/mol. The molecule has 3 heteroatoms. The second kappa shape index (κ2) is 4.61. The van der Waals surface area contributed by atoms with E-state index in [1.165, 1.54) is 12.8 Å². The van der Waals surface area contributed by atoms with Gasteiger partial charge in [0.25, 0.3) is 0 Å². The normalized spacial score (nSPS) is 31.2. The number of hydrogen-bond acceptors (Lipinski definition) is 2. The van der Waals surface area contributed by atoms with Crippen LogP contribution in [-0.2, 0) is 4.79 Å². The first-order valence-electron chi connectivity index (χ1n) is 5.07. The van der Waals surface area contributed by atoms with Gasteiger partial charge in [0, 0.05) is 6.04 Å². The zero-order chi connectivity index (χ0) is 9.84. The van der Waals surface area contributed by atoms with Crippen molar-refractivity contribution in [3.05, 3.63) is 0 Å². The van der Waals surface area contributed by atoms with Crippen molar-refractivity contribution in [2.45, 2.75) is 45.1 Å². The summed E-state index contributed by atoms with van der Waals surface area (Å²) in [5.74, 6) is 0.379. The summed E-state index contributed by atoms with van der Waals surface area (Å²) in [6.45, 7) is 2.22. The maximum Gasteiger partial charge on any atom is 0.304 e. The molecule has 1 saturated carbocycles. The van der Waals surface area contributed by atoms with Crippen molar-refractivity contribution in [2.24, 2.45) is 17.6 Å². The maximum atomic E-state index is 10.5. The third kappa shape index (κ3) is 3.35. The summed E-state index contributed by atoms with van der Waals surface area (Å²) in [4.78, 5) is 10.5. The zero-order valence-electron chi connectivity index (χ0n) is 8.20. The molecular weight excluding hydrogens is 166 g/mol. The van der Waals surface area contributed by atoms with Gasteiger partial charge in [-0.25, -0.2) is 0 Å². The van der Waals surface area contributed by atoms with Crippen LogP contribution in [0.5, 0.6) is 0 Å². The van der Waals surface area contributed by atoms with Gasteiger partial charge in [-0.1, -0.05) is 19.8 Å². The number of carboxylic acids is 1. The summed E-state index contributed by atoms with van der Waals surface area (Å²) in [7, 11) is 0. The Labute approximate surface area is 79.3 Å². The lowest BCUT2D eigenvalue weighted by Gasteiger charge is -2.30. The Kier molecular flexibility index (Phi) is 3.72. The highest BCUT2D eigenvalue weighted by Crippen LogP contribution is 2.30. The fourth-order valence-corrected chi connectivity index (χ4v) is 2.24. The van der Waals surface area contributed by atoms with E-state index in [-0.39, 0.29) is 12.5 Å². The first-order chi connectivity index (χ1) is 6.09. The average Bonchev–Trinajstić information content (AvgIpc) is 2.03. The van der Waals surface area contributed by atoms with Gasteiger partial charge in [0.1, 0.15) is 0 Å². The van der Waals surface area contributed by atoms with Crippen molar-refractivity contribution in [3.8, 4) is 0 Å². The van der Waals surface area contributed by atoms with Gasteiger partial charge in [0.15, 0.2) is 0 Å². The number of carbonyl (C=O) groups is 1. The van der Waals surface area contributed by atoms with Crippen molar-refractivity contribution < 1.29 is 9.90 Å². The molecule has 0 amide bonds. The molecule has 0 aromatic carbocycles. The lowest BCUT2D eigenvalue weighted by atomic mass is 9.78. The summed E-state index contributed by atoms with van der Waals surface area (Å²) < 4.78 is 0. The van der Waals surface area contributed by atoms with Crippen LogP contribution in [0.1, 0.15) is 39.0 Å². The molecule has 3 N–H and O–H groups in total. The second-order valence-electron chi connectivity index (χ2n) is 4.29. The smallest absolute Gasteiger partial charge is 0.304 e. The predicted octanol–water partition coefficient (Wildman–Crippen LogP) is 1.61. The lowest BCUT2D eigenvalue weighted by Crippen LogP contribution is -2.35. The minimum absolute atomic E-state index is 0.122. The first kappa shape index (κ1) is 10.5. The average molecular weight is 185 g/mol. The van der Waals surface area contributed by atoms with E-state index in [9.17, 15) is 4.79 Å². The summed E-state index contributed by atoms with van der Waals surface area (Å²) in [5.41, 5.74) is 5.83. The zero-order valence-corrected chi connectivity index (χ0v) is 8.20. The van der Waals surface area contributed by atoms with Gasteiger partial charge in [-0.3, -0.25) is 4.79 Å². The highest BCUT2D eigenvalue weighted by atomic mass is 16.4. The van der Waals surface area contributed by atoms with E-state index >= 15 is 0 Å². The second-order valence-corrected chi connectivity index (χ2v) is 4.29. The van der Waals surface area contributed by atoms with Crippen LogP contribution in [0.2, 0.25) is 0 Å². The fraction of sp³-hybridized carbons (Fsp3) is 0.900. The molecule has 0 aromatic heterocycles. The van der Waals surface area contributed by atoms with Gasteiger partial charge >= 0.3 is 5.97 Å². The van der Waals surface area contributed by atoms with Gasteiger partial charge in [0.05, 0.1) is 6.42 Å². The van der Waals surface area contributed by atoms with Gasteiger partial charge in [-0.15, -0.1) is 0 Å². The third-order valence-corrected chi connectivity index (χ3v) is 2.99. The molecule has 0 bridgehead atoms. The largest absolute Gasteiger partial charge is 0.481 e. The Morgan fingerprint density at radius 3 is 2.85 bits per heavy atom. The Balaban J connectivity index is 2.36. The van der Waals surface area contributed by atoms with E-state index in [0.29, 0.717) is 5.92 Å². The van der Waals surface area contributed by atoms with Crippen LogP contribution in [0.3, 0.4) is 0 Å². The SMILES string of the molecule is CC1CCCC([C@@H](N)CC(=O)O)C1. The molecule has 1 rings (SSSR count). The molecule has 1 fully saturated rings. The van der Waals surface area contributed by atoms with Crippen LogP contribution in [-0.4, -0.2) is 17.1 Å². The van der Waals surface area contributed by atoms with Crippen molar-refractivity contribution in [1.82, 2.24) is 0 Å². The Morgan fingerprint density at radius 2 is 2.31 bits per heavy atom. The number of hydrogen-bond donors (Lipinski definition) is 2. The van der Waals surface area contributed by atoms with E-state index in [2.05, 4.69) is 6.92 Å². The van der Waals surface area contributed by atoms with Crippen LogP contribution in [0, 0.1) is 11.8 Å². The van der Waals surface area contributed by atoms with Crippen molar-refractivity contribution in [2.75, 3.05) is 0 Å². The van der Waals surface area contributed by atoms with E-state index in [0.717, 1.165) is 18.8 Å². The number of rotatable bonds is 3. The molecule has 1 aliphatic carbocycles. The molecule has 3 nitrogen and oxygen atoms in total. The van der Waals surface area contributed by atoms with Gasteiger partial charge in [-0.05, 0) is 24.7 Å². The Morgan fingerprint density at radius 1 is 1.62 bits per heavy atom. The van der Waals surface area contributed by atoms with Gasteiger partial charge < -0.3 is 10.8 Å². The van der Waals surface area contributed by atoms with Crippen LogP contribution in [0.15, 0.2) is 0 Å². The first-order valence-corrected chi connectivity index (χ1v) is 5.07. The third-order valence-electron chi connectivity index (χ3n) is 2.99. The summed E-state index contributed by atoms with van der Waals surface area (Å²) in [6, 6.07) is -0.139. The molecule has 0 heterocycles. The van der Waals surface area contributed by atoms with Crippen molar-refractivity contribution >= 4 is 5.97 Å². The topological polar surface area (TPSA) is 63.3 Å². The van der Waals surface area contributed by atoms with Gasteiger partial charge in [-0.2, -0.15) is 0 Å². The van der Waals surface area contributed by atoms with Crippen LogP contribution in [0.4, 0.5) is 0 Å². The summed E-state index contributed by atoms with van der Waals surface area (Å²) in [6.07, 6.45) is 4.82. The van der Waals surface area contributed by atoms with E-state index in [1.54, 1.807) is 0 Å². The quantitative estimate of drug-likeness (QED) is 0.702. The van der Waals surface area contributed by atoms with Crippen molar-refractivity contribution in [1.29, 1.82) is 0 Å². The Bertz CT molecular complexity index is 182. The maximum absolute atomic E-state index is 10.5. The summed E-state index contributed by atoms with van der Waals surface area (Å²) >= 11 is 0. The number of aliphatic carboxylic acids is 1. The van der Waals surface area contributed by atoms with E-state index < -0.39 is 5.97 Å². The highest BCUT2D eigenvalue weighted by molar-refractivity contribution is 5.67. The Hall–Kier alpha value is -0.570. The molecule has 0 spiro atoms. The molecule has 0 saturated heterocycles. The van der Waals surface area contributed by atoms with Crippen LogP contribution in [0.25, 0.3) is 0 Å². The standard InChI is InChI=1S/C10H19NO2/c1-7-3-2-4-8(5-7)9(11)6-10(12)13/h7-9H,2-6,11H2,1H3,(H,12,13)/t7?,8?,9-/m0/s1. The summed E-state index contributed by atoms with van der Waals surface area (Å²) in [5, 5.41) is 8.60. The van der Waals surface area contributed by atoms with Crippen molar-refractivity contribution in [3.63, 3.8) is 0 Å². The molecule has 0 radical (unpaired) electrons. The molecule has 3 atom stereocenters. The van der Waals surface area contributed by atoms with E-state index in [1.807, 2.05) is 0 Å². The molecule has 0 aromatic rings. The van der Waals surface area contributed by atoms with E-state index in [4.69, 9.17) is 10.8 Å². The molecule has 2 unspecified atom stereocenters. The minimum atomic E-state index is -0.772. The highest BCUT2D eigenvalue weighted by Gasteiger charge is 2.25. The molecule has 76 valence electrons. The number of nitrogens with two attached hydrogens (primary N) is 1. The molecular formula is C10H19NO2.